The molecule has 0 heterocycles. The van der Waals surface area contributed by atoms with Crippen LogP contribution >= 0.6 is 0 Å². The predicted molar refractivity (Wildman–Crippen MR) is 190 cm³/mol. The molecule has 2 aromatic rings. The molecule has 6 rings (SSSR count). The van der Waals surface area contributed by atoms with E-state index in [0.29, 0.717) is 0 Å². The highest BCUT2D eigenvalue weighted by Crippen LogP contribution is 2.58. The van der Waals surface area contributed by atoms with Crippen LogP contribution in [0.2, 0.25) is 0 Å². The Kier molecular flexibility index (Phi) is 13.3. The summed E-state index contributed by atoms with van der Waals surface area (Å²) in [5, 5.41) is 0. The first-order valence-electron chi connectivity index (χ1n) is 18.6. The van der Waals surface area contributed by atoms with E-state index >= 15 is 0 Å². The number of nitrogens with zero attached hydrogens (tertiary/aromatic N) is 2. The van der Waals surface area contributed by atoms with Crippen molar-refractivity contribution in [3.8, 4) is 11.5 Å². The van der Waals surface area contributed by atoms with Gasteiger partial charge in [-0.3, -0.25) is 0 Å². The van der Waals surface area contributed by atoms with E-state index in [4.69, 9.17) is 9.47 Å². The average Bonchev–Trinajstić information content (AvgIpc) is 3.05. The van der Waals surface area contributed by atoms with E-state index in [1.54, 1.807) is 5.57 Å². The number of hydrogen-bond donors (Lipinski definition) is 0. The molecule has 248 valence electrons. The summed E-state index contributed by atoms with van der Waals surface area (Å²) < 4.78 is 12.4. The van der Waals surface area contributed by atoms with E-state index in [1.807, 2.05) is 0 Å². The third-order valence-electron chi connectivity index (χ3n) is 11.1. The molecule has 4 heteroatoms. The Hall–Kier alpha value is -2.30. The maximum Gasteiger partial charge on any atom is 0.119 e. The minimum Gasteiger partial charge on any atom is -0.494 e. The van der Waals surface area contributed by atoms with Crippen LogP contribution in [-0.4, -0.2) is 63.3 Å². The van der Waals surface area contributed by atoms with Gasteiger partial charge < -0.3 is 19.3 Å². The van der Waals surface area contributed by atoms with Crippen LogP contribution in [0.5, 0.6) is 11.5 Å². The van der Waals surface area contributed by atoms with Crippen LogP contribution in [0, 0.1) is 23.7 Å². The van der Waals surface area contributed by atoms with Crippen LogP contribution in [0.25, 0.3) is 5.57 Å². The van der Waals surface area contributed by atoms with Gasteiger partial charge in [0.1, 0.15) is 11.5 Å². The highest BCUT2D eigenvalue weighted by Gasteiger charge is 2.46. The lowest BCUT2D eigenvalue weighted by atomic mass is 9.53. The van der Waals surface area contributed by atoms with Crippen molar-refractivity contribution in [2.45, 2.75) is 97.3 Å². The van der Waals surface area contributed by atoms with Crippen molar-refractivity contribution in [3.63, 3.8) is 0 Å². The Morgan fingerprint density at radius 2 is 0.956 bits per heavy atom. The minimum absolute atomic E-state index is 0.761. The van der Waals surface area contributed by atoms with Crippen LogP contribution in [0.1, 0.15) is 108 Å². The van der Waals surface area contributed by atoms with Crippen molar-refractivity contribution in [1.29, 1.82) is 0 Å². The fourth-order valence-electron chi connectivity index (χ4n) is 8.41. The minimum atomic E-state index is 0.761. The summed E-state index contributed by atoms with van der Waals surface area (Å²) in [6.07, 6.45) is 17.0. The van der Waals surface area contributed by atoms with E-state index in [0.717, 1.165) is 74.3 Å². The number of allylic oxidation sites excluding steroid dienone is 1. The van der Waals surface area contributed by atoms with Gasteiger partial charge in [-0.15, -0.1) is 0 Å². The van der Waals surface area contributed by atoms with E-state index in [-0.39, 0.29) is 0 Å². The normalized spacial score (nSPS) is 22.0. The van der Waals surface area contributed by atoms with Crippen LogP contribution in [0.3, 0.4) is 0 Å². The van der Waals surface area contributed by atoms with Crippen molar-refractivity contribution in [2.24, 2.45) is 23.7 Å². The first-order valence-corrected chi connectivity index (χ1v) is 18.6. The molecule has 4 saturated carbocycles. The number of unbranched alkanes of at least 4 members (excludes halogenated alkanes) is 6. The molecule has 0 aliphatic heterocycles. The quantitative estimate of drug-likeness (QED) is 0.139. The smallest absolute Gasteiger partial charge is 0.119 e. The molecule has 4 bridgehead atoms. The third-order valence-corrected chi connectivity index (χ3v) is 11.1. The van der Waals surface area contributed by atoms with Crippen molar-refractivity contribution in [2.75, 3.05) is 53.5 Å². The summed E-state index contributed by atoms with van der Waals surface area (Å²) in [6.45, 7) is 10.7. The largest absolute Gasteiger partial charge is 0.494 e. The molecule has 0 spiro atoms. The topological polar surface area (TPSA) is 24.9 Å². The van der Waals surface area contributed by atoms with Crippen LogP contribution in [0.15, 0.2) is 54.1 Å². The summed E-state index contributed by atoms with van der Waals surface area (Å²) >= 11 is 0. The monoisotopic (exact) mass is 614 g/mol. The highest BCUT2D eigenvalue weighted by molar-refractivity contribution is 5.83. The Bertz CT molecular complexity index is 1070. The maximum atomic E-state index is 6.19. The zero-order valence-corrected chi connectivity index (χ0v) is 29.1. The summed E-state index contributed by atoms with van der Waals surface area (Å²) in [5.41, 5.74) is 5.96. The van der Waals surface area contributed by atoms with Crippen molar-refractivity contribution < 1.29 is 9.47 Å². The lowest BCUT2D eigenvalue weighted by Gasteiger charge is -2.52. The van der Waals surface area contributed by atoms with Gasteiger partial charge in [-0.05, 0) is 163 Å². The Morgan fingerprint density at radius 1 is 0.556 bits per heavy atom. The molecule has 2 aromatic carbocycles. The van der Waals surface area contributed by atoms with E-state index in [2.05, 4.69) is 86.3 Å². The molecular formula is C41H62N2O2. The molecule has 4 fully saturated rings. The van der Waals surface area contributed by atoms with Gasteiger partial charge in [0.25, 0.3) is 0 Å². The zero-order valence-electron chi connectivity index (χ0n) is 29.1. The third kappa shape index (κ3) is 9.85. The summed E-state index contributed by atoms with van der Waals surface area (Å²) in [7, 11) is 4.41. The number of hydrogen-bond acceptors (Lipinski definition) is 4. The average molecular weight is 615 g/mol. The Balaban J connectivity index is 1.19. The van der Waals surface area contributed by atoms with Gasteiger partial charge in [0.05, 0.1) is 13.2 Å². The molecule has 4 nitrogen and oxygen atoms in total. The fourth-order valence-corrected chi connectivity index (χ4v) is 8.41. The second kappa shape index (κ2) is 17.6. The molecule has 0 aromatic heterocycles. The summed E-state index contributed by atoms with van der Waals surface area (Å²) in [4.78, 5) is 4.79. The molecule has 0 amide bonds. The standard InChI is InChI=1S/C41H62N2O2/c1-5-42(3)23-11-7-9-13-25-44-38-19-15-34(16-20-38)40(41-36-28-32-27-33(30-36)31-37(41)29-32)35-17-21-39(22-18-35)45-26-14-10-8-12-24-43(4)6-2/h15-22,32-33,36-37H,5-14,23-31H2,1-4H3. The van der Waals surface area contributed by atoms with Gasteiger partial charge in [0, 0.05) is 0 Å². The second-order valence-corrected chi connectivity index (χ2v) is 14.5. The molecule has 0 radical (unpaired) electrons. The van der Waals surface area contributed by atoms with Crippen molar-refractivity contribution in [3.05, 3.63) is 65.2 Å². The lowest BCUT2D eigenvalue weighted by molar-refractivity contribution is 0.0705. The molecule has 45 heavy (non-hydrogen) atoms. The molecule has 0 N–H and O–H groups in total. The van der Waals surface area contributed by atoms with Crippen molar-refractivity contribution >= 4 is 5.57 Å². The van der Waals surface area contributed by atoms with Gasteiger partial charge in [-0.2, -0.15) is 0 Å². The van der Waals surface area contributed by atoms with Crippen LogP contribution in [-0.2, 0) is 0 Å². The van der Waals surface area contributed by atoms with Crippen LogP contribution < -0.4 is 9.47 Å². The van der Waals surface area contributed by atoms with Gasteiger partial charge in [0.2, 0.25) is 0 Å². The molecule has 0 saturated heterocycles. The highest BCUT2D eigenvalue weighted by atomic mass is 16.5. The number of rotatable bonds is 20. The number of benzene rings is 2. The zero-order chi connectivity index (χ0) is 31.4. The maximum absolute atomic E-state index is 6.19. The first-order chi connectivity index (χ1) is 22.0. The lowest BCUT2D eigenvalue weighted by Crippen LogP contribution is -2.40. The van der Waals surface area contributed by atoms with Gasteiger partial charge in [-0.25, -0.2) is 0 Å². The molecule has 4 aliphatic carbocycles. The summed E-state index contributed by atoms with van der Waals surface area (Å²) in [5.74, 6) is 5.45. The Labute approximate surface area is 275 Å². The predicted octanol–water partition coefficient (Wildman–Crippen LogP) is 9.73. The van der Waals surface area contributed by atoms with E-state index < -0.39 is 0 Å². The van der Waals surface area contributed by atoms with Gasteiger partial charge >= 0.3 is 0 Å². The summed E-state index contributed by atoms with van der Waals surface area (Å²) in [6, 6.07) is 18.1. The molecular weight excluding hydrogens is 552 g/mol. The van der Waals surface area contributed by atoms with Gasteiger partial charge in [0.15, 0.2) is 0 Å². The SMILES string of the molecule is CCN(C)CCCCCCOc1ccc(C(=C2C3CC4CC(C3)CC2C4)c2ccc(OCCCCCCN(C)CC)cc2)cc1. The van der Waals surface area contributed by atoms with Crippen LogP contribution in [0.4, 0.5) is 0 Å². The second-order valence-electron chi connectivity index (χ2n) is 14.5. The van der Waals surface area contributed by atoms with Crippen molar-refractivity contribution in [1.82, 2.24) is 9.80 Å². The Morgan fingerprint density at radius 3 is 1.36 bits per heavy atom. The fraction of sp³-hybridized carbons (Fsp3) is 0.659. The molecule has 4 aliphatic rings. The van der Waals surface area contributed by atoms with E-state index in [1.165, 1.54) is 100 Å². The molecule has 0 atom stereocenters. The first kappa shape index (κ1) is 34.0. The van der Waals surface area contributed by atoms with Gasteiger partial charge in [-0.1, -0.05) is 69.4 Å². The van der Waals surface area contributed by atoms with E-state index in [9.17, 15) is 0 Å². The molecule has 0 unspecified atom stereocenters. The number of ether oxygens (including phenoxy) is 2.